The Bertz CT molecular complexity index is 805. The third-order valence-electron chi connectivity index (χ3n) is 5.16. The van der Waals surface area contributed by atoms with E-state index in [4.69, 9.17) is 5.26 Å². The fourth-order valence-electron chi connectivity index (χ4n) is 3.77. The molecule has 0 N–H and O–H groups in total. The molecule has 0 saturated heterocycles. The van der Waals surface area contributed by atoms with Gasteiger partial charge in [-0.15, -0.1) is 0 Å². The van der Waals surface area contributed by atoms with Crippen molar-refractivity contribution in [1.82, 2.24) is 0 Å². The van der Waals surface area contributed by atoms with Crippen LogP contribution in [-0.2, 0) is 5.41 Å². The van der Waals surface area contributed by atoms with Gasteiger partial charge in [0, 0.05) is 5.41 Å². The summed E-state index contributed by atoms with van der Waals surface area (Å²) in [7, 11) is 0. The van der Waals surface area contributed by atoms with Gasteiger partial charge < -0.3 is 0 Å². The van der Waals surface area contributed by atoms with E-state index in [-0.39, 0.29) is 5.41 Å². The first-order valence-corrected chi connectivity index (χ1v) is 9.23. The zero-order valence-electron chi connectivity index (χ0n) is 14.9. The Kier molecular flexibility index (Phi) is 5.51. The van der Waals surface area contributed by atoms with Gasteiger partial charge >= 0.3 is 0 Å². The normalized spacial score (nSPS) is 18.9. The van der Waals surface area contributed by atoms with Crippen molar-refractivity contribution in [2.75, 3.05) is 0 Å². The van der Waals surface area contributed by atoms with Gasteiger partial charge in [-0.2, -0.15) is 5.26 Å². The SMILES string of the molecule is CCCCCC1(c2ccccc2-c2ccc(C#N)cc2)C=CC=CC1. The molecule has 1 atom stereocenters. The highest BCUT2D eigenvalue weighted by molar-refractivity contribution is 5.70. The van der Waals surface area contributed by atoms with Crippen molar-refractivity contribution < 1.29 is 0 Å². The van der Waals surface area contributed by atoms with Crippen LogP contribution in [0.25, 0.3) is 11.1 Å². The first-order valence-electron chi connectivity index (χ1n) is 9.23. The Labute approximate surface area is 151 Å². The monoisotopic (exact) mass is 327 g/mol. The lowest BCUT2D eigenvalue weighted by Crippen LogP contribution is -2.25. The summed E-state index contributed by atoms with van der Waals surface area (Å²) in [5.74, 6) is 0. The maximum atomic E-state index is 9.05. The van der Waals surface area contributed by atoms with E-state index in [0.29, 0.717) is 5.56 Å². The molecule has 0 heterocycles. The molecule has 1 unspecified atom stereocenters. The van der Waals surface area contributed by atoms with Gasteiger partial charge in [-0.1, -0.05) is 86.9 Å². The molecule has 126 valence electrons. The molecule has 1 aliphatic rings. The predicted octanol–water partition coefficient (Wildman–Crippen LogP) is 6.56. The van der Waals surface area contributed by atoms with Crippen LogP contribution < -0.4 is 0 Å². The quantitative estimate of drug-likeness (QED) is 0.551. The summed E-state index contributed by atoms with van der Waals surface area (Å²) in [6.07, 6.45) is 15.0. The molecule has 2 aromatic carbocycles. The van der Waals surface area contributed by atoms with Gasteiger partial charge in [0.05, 0.1) is 11.6 Å². The Morgan fingerprint density at radius 1 is 1.00 bits per heavy atom. The van der Waals surface area contributed by atoms with E-state index < -0.39 is 0 Å². The lowest BCUT2D eigenvalue weighted by atomic mass is 9.69. The van der Waals surface area contributed by atoms with Crippen molar-refractivity contribution >= 4 is 0 Å². The van der Waals surface area contributed by atoms with Crippen molar-refractivity contribution in [2.45, 2.75) is 44.4 Å². The van der Waals surface area contributed by atoms with E-state index in [2.05, 4.69) is 73.7 Å². The van der Waals surface area contributed by atoms with E-state index in [9.17, 15) is 0 Å². The molecule has 0 aliphatic heterocycles. The van der Waals surface area contributed by atoms with Crippen molar-refractivity contribution in [2.24, 2.45) is 0 Å². The topological polar surface area (TPSA) is 23.8 Å². The number of benzene rings is 2. The van der Waals surface area contributed by atoms with Crippen molar-refractivity contribution in [3.05, 3.63) is 84.0 Å². The largest absolute Gasteiger partial charge is 0.192 e. The van der Waals surface area contributed by atoms with E-state index in [1.165, 1.54) is 42.4 Å². The molecule has 2 aromatic rings. The molecule has 1 nitrogen and oxygen atoms in total. The van der Waals surface area contributed by atoms with Crippen LogP contribution in [0.4, 0.5) is 0 Å². The van der Waals surface area contributed by atoms with Gasteiger partial charge in [-0.05, 0) is 41.7 Å². The lowest BCUT2D eigenvalue weighted by molar-refractivity contribution is 0.462. The molecule has 0 spiro atoms. The van der Waals surface area contributed by atoms with E-state index in [1.807, 2.05) is 12.1 Å². The predicted molar refractivity (Wildman–Crippen MR) is 105 cm³/mol. The minimum Gasteiger partial charge on any atom is -0.192 e. The molecule has 1 heteroatoms. The summed E-state index contributed by atoms with van der Waals surface area (Å²) in [4.78, 5) is 0. The summed E-state index contributed by atoms with van der Waals surface area (Å²) in [6, 6.07) is 18.9. The molecular weight excluding hydrogens is 302 g/mol. The number of nitrogens with zero attached hydrogens (tertiary/aromatic N) is 1. The number of allylic oxidation sites excluding steroid dienone is 4. The average molecular weight is 327 g/mol. The maximum absolute atomic E-state index is 9.05. The van der Waals surface area contributed by atoms with Crippen molar-refractivity contribution in [3.8, 4) is 17.2 Å². The first kappa shape index (κ1) is 17.2. The molecule has 0 radical (unpaired) electrons. The van der Waals surface area contributed by atoms with Gasteiger partial charge in [0.25, 0.3) is 0 Å². The van der Waals surface area contributed by atoms with E-state index >= 15 is 0 Å². The number of hydrogen-bond acceptors (Lipinski definition) is 1. The fourth-order valence-corrected chi connectivity index (χ4v) is 3.77. The minimum absolute atomic E-state index is 0.0778. The van der Waals surface area contributed by atoms with Crippen LogP contribution in [-0.4, -0.2) is 0 Å². The number of rotatable bonds is 6. The molecule has 0 fully saturated rings. The second kappa shape index (κ2) is 7.99. The molecule has 25 heavy (non-hydrogen) atoms. The second-order valence-corrected chi connectivity index (χ2v) is 6.84. The van der Waals surface area contributed by atoms with Gasteiger partial charge in [-0.3, -0.25) is 0 Å². The number of nitriles is 1. The zero-order valence-corrected chi connectivity index (χ0v) is 14.9. The van der Waals surface area contributed by atoms with Crippen molar-refractivity contribution in [1.29, 1.82) is 5.26 Å². The van der Waals surface area contributed by atoms with Crippen LogP contribution >= 0.6 is 0 Å². The second-order valence-electron chi connectivity index (χ2n) is 6.84. The van der Waals surface area contributed by atoms with Crippen LogP contribution in [0.15, 0.2) is 72.8 Å². The fraction of sp³-hybridized carbons (Fsp3) is 0.292. The van der Waals surface area contributed by atoms with Gasteiger partial charge in [0.2, 0.25) is 0 Å². The standard InChI is InChI=1S/C24H25N/c1-2-3-7-16-24(17-8-4-9-18-24)23-11-6-5-10-22(23)21-14-12-20(19-25)13-15-21/h4-6,8-15,17H,2-3,7,16,18H2,1H3. The summed E-state index contributed by atoms with van der Waals surface area (Å²) in [6.45, 7) is 2.26. The van der Waals surface area contributed by atoms with E-state index in [0.717, 1.165) is 6.42 Å². The Morgan fingerprint density at radius 3 is 2.48 bits per heavy atom. The van der Waals surface area contributed by atoms with Crippen LogP contribution in [0.5, 0.6) is 0 Å². The molecule has 0 amide bonds. The summed E-state index contributed by atoms with van der Waals surface area (Å²) in [5.41, 5.74) is 4.65. The highest BCUT2D eigenvalue weighted by atomic mass is 14.3. The van der Waals surface area contributed by atoms with Crippen molar-refractivity contribution in [3.63, 3.8) is 0 Å². The Balaban J connectivity index is 2.03. The third kappa shape index (κ3) is 3.74. The highest BCUT2D eigenvalue weighted by Crippen LogP contribution is 2.42. The Morgan fingerprint density at radius 2 is 1.80 bits per heavy atom. The maximum Gasteiger partial charge on any atom is 0.0991 e. The van der Waals surface area contributed by atoms with E-state index in [1.54, 1.807) is 0 Å². The van der Waals surface area contributed by atoms with Gasteiger partial charge in [0.15, 0.2) is 0 Å². The molecule has 1 aliphatic carbocycles. The summed E-state index contributed by atoms with van der Waals surface area (Å²) >= 11 is 0. The number of unbranched alkanes of at least 4 members (excludes halogenated alkanes) is 2. The van der Waals surface area contributed by atoms with Crippen LogP contribution in [0, 0.1) is 11.3 Å². The van der Waals surface area contributed by atoms with Crippen LogP contribution in [0.3, 0.4) is 0 Å². The minimum atomic E-state index is 0.0778. The molecule has 0 aromatic heterocycles. The zero-order chi connectivity index (χ0) is 17.5. The van der Waals surface area contributed by atoms with Gasteiger partial charge in [-0.25, -0.2) is 0 Å². The molecule has 0 bridgehead atoms. The highest BCUT2D eigenvalue weighted by Gasteiger charge is 2.31. The smallest absolute Gasteiger partial charge is 0.0991 e. The van der Waals surface area contributed by atoms with Gasteiger partial charge in [0.1, 0.15) is 0 Å². The summed E-state index contributed by atoms with van der Waals surface area (Å²) in [5, 5.41) is 9.05. The first-order chi connectivity index (χ1) is 12.3. The van der Waals surface area contributed by atoms with Crippen LogP contribution in [0.1, 0.15) is 50.2 Å². The van der Waals surface area contributed by atoms with Crippen LogP contribution in [0.2, 0.25) is 0 Å². The molecule has 0 saturated carbocycles. The Hall–Kier alpha value is -2.59. The summed E-state index contributed by atoms with van der Waals surface area (Å²) < 4.78 is 0. The lowest BCUT2D eigenvalue weighted by Gasteiger charge is -2.34. The molecule has 3 rings (SSSR count). The number of hydrogen-bond donors (Lipinski definition) is 0. The third-order valence-corrected chi connectivity index (χ3v) is 5.16. The average Bonchev–Trinajstić information content (AvgIpc) is 2.69. The molecular formula is C24H25N.